The van der Waals surface area contributed by atoms with Crippen LogP contribution in [0.25, 0.3) is 11.4 Å². The molecule has 0 aliphatic rings. The number of nitrogens with two attached hydrogens (primary N) is 2. The maximum atomic E-state index is 6.84. The molecule has 3 aromatic carbocycles. The quantitative estimate of drug-likeness (QED) is 0.308. The van der Waals surface area contributed by atoms with Gasteiger partial charge in [-0.2, -0.15) is 10.2 Å². The predicted octanol–water partition coefficient (Wildman–Crippen LogP) is 6.14. The maximum absolute atomic E-state index is 6.84. The number of para-hydroxylation sites is 2. The van der Waals surface area contributed by atoms with Gasteiger partial charge in [0, 0.05) is 17.0 Å². The van der Waals surface area contributed by atoms with Crippen molar-refractivity contribution in [2.24, 2.45) is 0 Å². The van der Waals surface area contributed by atoms with Gasteiger partial charge in [-0.1, -0.05) is 74.5 Å². The number of nitrogens with zero attached hydrogens (tertiary/aromatic N) is 4. The maximum Gasteiger partial charge on any atom is 0.131 e. The summed E-state index contributed by atoms with van der Waals surface area (Å²) in [6.07, 6.45) is 0. The van der Waals surface area contributed by atoms with Gasteiger partial charge >= 0.3 is 0 Å². The molecule has 0 aliphatic carbocycles. The zero-order valence-electron chi connectivity index (χ0n) is 21.2. The number of rotatable bonds is 6. The minimum atomic E-state index is -0.221. The van der Waals surface area contributed by atoms with Gasteiger partial charge in [0.1, 0.15) is 11.6 Å². The summed E-state index contributed by atoms with van der Waals surface area (Å²) in [7, 11) is 0. The van der Waals surface area contributed by atoms with Gasteiger partial charge < -0.3 is 11.5 Å². The molecule has 0 unspecified atom stereocenters. The number of hydrogen-bond donors (Lipinski definition) is 2. The Labute approximate surface area is 212 Å². The lowest BCUT2D eigenvalue weighted by atomic mass is 9.83. The van der Waals surface area contributed by atoms with Gasteiger partial charge in [0.15, 0.2) is 0 Å². The highest BCUT2D eigenvalue weighted by molar-refractivity contribution is 5.63. The topological polar surface area (TPSA) is 87.7 Å². The van der Waals surface area contributed by atoms with E-state index in [4.69, 9.17) is 21.7 Å². The Morgan fingerprint density at radius 2 is 0.972 bits per heavy atom. The molecule has 182 valence electrons. The zero-order valence-corrected chi connectivity index (χ0v) is 21.2. The fourth-order valence-corrected chi connectivity index (χ4v) is 4.91. The number of benzene rings is 3. The molecule has 6 nitrogen and oxygen atoms in total. The molecule has 4 N–H and O–H groups in total. The van der Waals surface area contributed by atoms with E-state index in [1.54, 1.807) is 0 Å². The third kappa shape index (κ3) is 4.05. The molecule has 0 aliphatic heterocycles. The van der Waals surface area contributed by atoms with Gasteiger partial charge in [-0.25, -0.2) is 9.36 Å². The van der Waals surface area contributed by atoms with Crippen LogP contribution in [0.5, 0.6) is 0 Å². The summed E-state index contributed by atoms with van der Waals surface area (Å²) in [5.41, 5.74) is 21.5. The molecule has 0 bridgehead atoms. The predicted molar refractivity (Wildman–Crippen MR) is 147 cm³/mol. The Bertz CT molecular complexity index is 1390. The Morgan fingerprint density at radius 3 is 1.36 bits per heavy atom. The first-order chi connectivity index (χ1) is 17.4. The average Bonchev–Trinajstić information content (AvgIpc) is 3.36. The van der Waals surface area contributed by atoms with Crippen molar-refractivity contribution >= 4 is 11.6 Å². The van der Waals surface area contributed by atoms with Gasteiger partial charge in [0.25, 0.3) is 0 Å². The molecule has 2 heterocycles. The van der Waals surface area contributed by atoms with E-state index >= 15 is 0 Å². The smallest absolute Gasteiger partial charge is 0.131 e. The van der Waals surface area contributed by atoms with Crippen LogP contribution in [0.3, 0.4) is 0 Å². The minimum absolute atomic E-state index is 0.221. The van der Waals surface area contributed by atoms with Gasteiger partial charge in [0.05, 0.1) is 22.8 Å². The zero-order chi connectivity index (χ0) is 25.4. The lowest BCUT2D eigenvalue weighted by Gasteiger charge is -2.20. The monoisotopic (exact) mass is 476 g/mol. The molecule has 0 amide bonds. The van der Waals surface area contributed by atoms with Gasteiger partial charge in [0.2, 0.25) is 0 Å². The van der Waals surface area contributed by atoms with E-state index in [-0.39, 0.29) is 5.92 Å². The van der Waals surface area contributed by atoms with E-state index in [0.717, 1.165) is 39.5 Å². The largest absolute Gasteiger partial charge is 0.383 e. The summed E-state index contributed by atoms with van der Waals surface area (Å²) in [5.74, 6) is 1.42. The average molecular weight is 477 g/mol. The number of aryl methyl sites for hydroxylation is 2. The van der Waals surface area contributed by atoms with Crippen LogP contribution in [0, 0.1) is 13.8 Å². The number of anilines is 2. The lowest BCUT2D eigenvalue weighted by Crippen LogP contribution is -2.11. The molecule has 5 rings (SSSR count). The molecule has 0 spiro atoms. The minimum Gasteiger partial charge on any atom is -0.383 e. The molecule has 0 saturated heterocycles. The van der Waals surface area contributed by atoms with Crippen molar-refractivity contribution in [2.45, 2.75) is 39.5 Å². The van der Waals surface area contributed by atoms with Crippen LogP contribution in [0.4, 0.5) is 11.6 Å². The first-order valence-electron chi connectivity index (χ1n) is 12.3. The van der Waals surface area contributed by atoms with Crippen LogP contribution < -0.4 is 11.5 Å². The molecule has 5 aromatic rings. The molecule has 0 saturated carbocycles. The second-order valence-corrected chi connectivity index (χ2v) is 9.52. The first-order valence-corrected chi connectivity index (χ1v) is 12.3. The van der Waals surface area contributed by atoms with Crippen LogP contribution in [-0.4, -0.2) is 19.6 Å². The molecule has 0 atom stereocenters. The van der Waals surface area contributed by atoms with Crippen LogP contribution in [-0.2, 0) is 0 Å². The van der Waals surface area contributed by atoms with Crippen molar-refractivity contribution in [3.63, 3.8) is 0 Å². The second kappa shape index (κ2) is 9.38. The van der Waals surface area contributed by atoms with E-state index < -0.39 is 0 Å². The summed E-state index contributed by atoms with van der Waals surface area (Å²) in [5, 5.41) is 9.69. The Balaban J connectivity index is 1.74. The molecule has 2 aromatic heterocycles. The second-order valence-electron chi connectivity index (χ2n) is 9.52. The van der Waals surface area contributed by atoms with E-state index in [2.05, 4.69) is 38.1 Å². The van der Waals surface area contributed by atoms with Crippen molar-refractivity contribution in [3.05, 3.63) is 119 Å². The van der Waals surface area contributed by atoms with Crippen molar-refractivity contribution in [2.75, 3.05) is 11.5 Å². The Kier molecular flexibility index (Phi) is 6.10. The molecule has 36 heavy (non-hydrogen) atoms. The summed E-state index contributed by atoms with van der Waals surface area (Å²) >= 11 is 0. The highest BCUT2D eigenvalue weighted by Gasteiger charge is 2.31. The fourth-order valence-electron chi connectivity index (χ4n) is 4.91. The normalized spacial score (nSPS) is 11.5. The number of aromatic nitrogens is 4. The first kappa shape index (κ1) is 23.4. The van der Waals surface area contributed by atoms with Crippen molar-refractivity contribution < 1.29 is 0 Å². The fraction of sp³-hybridized carbons (Fsp3) is 0.200. The third-order valence-corrected chi connectivity index (χ3v) is 6.80. The Morgan fingerprint density at radius 1 is 0.583 bits per heavy atom. The van der Waals surface area contributed by atoms with Crippen LogP contribution in [0.15, 0.2) is 84.9 Å². The van der Waals surface area contributed by atoms with Gasteiger partial charge in [-0.3, -0.25) is 0 Å². The van der Waals surface area contributed by atoms with Crippen molar-refractivity contribution in [1.82, 2.24) is 19.6 Å². The van der Waals surface area contributed by atoms with Crippen molar-refractivity contribution in [3.8, 4) is 11.4 Å². The van der Waals surface area contributed by atoms with Crippen molar-refractivity contribution in [1.29, 1.82) is 0 Å². The highest BCUT2D eigenvalue weighted by Crippen LogP contribution is 2.42. The molecule has 0 fully saturated rings. The summed E-state index contributed by atoms with van der Waals surface area (Å²) in [4.78, 5) is 0. The van der Waals surface area contributed by atoms with Gasteiger partial charge in [-0.15, -0.1) is 0 Å². The summed E-state index contributed by atoms with van der Waals surface area (Å²) in [6, 6.07) is 28.7. The van der Waals surface area contributed by atoms with E-state index in [1.807, 2.05) is 83.9 Å². The van der Waals surface area contributed by atoms with Crippen LogP contribution >= 0.6 is 0 Å². The molecular formula is C30H32N6. The van der Waals surface area contributed by atoms with Gasteiger partial charge in [-0.05, 0) is 55.2 Å². The third-order valence-electron chi connectivity index (χ3n) is 6.80. The lowest BCUT2D eigenvalue weighted by molar-refractivity contribution is 0.862. The van der Waals surface area contributed by atoms with E-state index in [1.165, 1.54) is 5.56 Å². The summed E-state index contributed by atoms with van der Waals surface area (Å²) < 4.78 is 3.63. The molecular weight excluding hydrogens is 444 g/mol. The van der Waals surface area contributed by atoms with Crippen LogP contribution in [0.1, 0.15) is 59.3 Å². The number of nitrogen functional groups attached to an aromatic ring is 2. The van der Waals surface area contributed by atoms with E-state index in [9.17, 15) is 0 Å². The standard InChI is InChI=1S/C30H32N6/c1-19(2)22-15-17-23(18-16-22)28(26-20(3)33-35(29(26)31)24-11-7-5-8-12-24)27-21(4)34-36(30(27)32)25-13-9-6-10-14-25/h5-19,28H,31-32H2,1-4H3. The highest BCUT2D eigenvalue weighted by atomic mass is 15.3. The SMILES string of the molecule is Cc1nn(-c2ccccc2)c(N)c1C(c1ccc(C(C)C)cc1)c1c(C)nn(-c2ccccc2)c1N. The van der Waals surface area contributed by atoms with E-state index in [0.29, 0.717) is 17.6 Å². The molecule has 0 radical (unpaired) electrons. The Hall–Kier alpha value is -4.32. The van der Waals surface area contributed by atoms with Crippen LogP contribution in [0.2, 0.25) is 0 Å². The molecule has 6 heteroatoms. The summed E-state index contributed by atoms with van der Waals surface area (Å²) in [6.45, 7) is 8.41. The number of hydrogen-bond acceptors (Lipinski definition) is 4.